The Morgan fingerprint density at radius 3 is 2.74 bits per heavy atom. The highest BCUT2D eigenvalue weighted by atomic mass is 35.5. The van der Waals surface area contributed by atoms with E-state index in [1.54, 1.807) is 6.92 Å². The summed E-state index contributed by atoms with van der Waals surface area (Å²) in [5, 5.41) is 0.817. The topological polar surface area (TPSA) is 130 Å². The summed E-state index contributed by atoms with van der Waals surface area (Å²) in [5.74, 6) is -0.603. The number of aryl methyl sites for hydroxylation is 1. The molecule has 0 unspecified atom stereocenters. The van der Waals surface area contributed by atoms with E-state index in [1.165, 1.54) is 29.0 Å². The van der Waals surface area contributed by atoms with Crippen molar-refractivity contribution in [3.8, 4) is 5.69 Å². The lowest BCUT2D eigenvalue weighted by molar-refractivity contribution is 0.100. The number of halogens is 1. The zero-order valence-corrected chi connectivity index (χ0v) is 12.7. The number of nitrogen functional groups attached to an aromatic ring is 1. The Balaban J connectivity index is 2.37. The van der Waals surface area contributed by atoms with Gasteiger partial charge in [-0.15, -0.1) is 0 Å². The number of fused-ring (bicyclic) bond motifs is 1. The van der Waals surface area contributed by atoms with Crippen molar-refractivity contribution in [3.05, 3.63) is 51.2 Å². The molecule has 1 amide bonds. The zero-order valence-electron chi connectivity index (χ0n) is 11.9. The fraction of sp³-hybridized carbons (Fsp3) is 0.0714. The van der Waals surface area contributed by atoms with Gasteiger partial charge in [0.05, 0.1) is 16.1 Å². The summed E-state index contributed by atoms with van der Waals surface area (Å²) in [6.45, 7) is 1.69. The van der Waals surface area contributed by atoms with Gasteiger partial charge in [0, 0.05) is 17.5 Å². The first-order valence-corrected chi connectivity index (χ1v) is 6.88. The summed E-state index contributed by atoms with van der Waals surface area (Å²) in [6.07, 6.45) is 1.47. The average molecular weight is 331 g/mol. The number of benzene rings is 1. The monoisotopic (exact) mass is 330 g/mol. The van der Waals surface area contributed by atoms with E-state index in [0.717, 1.165) is 0 Å². The number of hydrogen-bond acceptors (Lipinski definition) is 6. The van der Waals surface area contributed by atoms with Crippen LogP contribution in [-0.2, 0) is 0 Å². The SMILES string of the molecule is Cc1c2cnc(N)nc2nc(=O)n1-c1cc(C(N)=O)ccc1Cl. The van der Waals surface area contributed by atoms with Gasteiger partial charge in [-0.2, -0.15) is 9.97 Å². The predicted molar refractivity (Wildman–Crippen MR) is 85.6 cm³/mol. The van der Waals surface area contributed by atoms with Crippen LogP contribution in [0.5, 0.6) is 0 Å². The number of carbonyl (C=O) groups is 1. The molecule has 116 valence electrons. The second kappa shape index (κ2) is 5.33. The van der Waals surface area contributed by atoms with Crippen molar-refractivity contribution in [2.45, 2.75) is 6.92 Å². The van der Waals surface area contributed by atoms with Crippen molar-refractivity contribution < 1.29 is 4.79 Å². The van der Waals surface area contributed by atoms with Crippen LogP contribution in [0.15, 0.2) is 29.2 Å². The fourth-order valence-electron chi connectivity index (χ4n) is 2.25. The van der Waals surface area contributed by atoms with Crippen LogP contribution in [0.1, 0.15) is 16.1 Å². The number of primary amides is 1. The Labute approximate surface area is 134 Å². The smallest absolute Gasteiger partial charge is 0.354 e. The minimum absolute atomic E-state index is 0.0234. The van der Waals surface area contributed by atoms with E-state index in [1.807, 2.05) is 0 Å². The molecule has 0 atom stereocenters. The molecule has 9 heteroatoms. The third kappa shape index (κ3) is 2.49. The maximum absolute atomic E-state index is 12.4. The summed E-state index contributed by atoms with van der Waals surface area (Å²) in [7, 11) is 0. The van der Waals surface area contributed by atoms with Gasteiger partial charge in [0.15, 0.2) is 5.65 Å². The van der Waals surface area contributed by atoms with E-state index < -0.39 is 11.6 Å². The normalized spacial score (nSPS) is 10.9. The molecule has 2 aromatic heterocycles. The van der Waals surface area contributed by atoms with Crippen LogP contribution in [-0.4, -0.2) is 25.4 Å². The van der Waals surface area contributed by atoms with Crippen LogP contribution in [0, 0.1) is 6.92 Å². The lowest BCUT2D eigenvalue weighted by atomic mass is 10.1. The van der Waals surface area contributed by atoms with Gasteiger partial charge in [0.2, 0.25) is 11.9 Å². The summed E-state index contributed by atoms with van der Waals surface area (Å²) in [4.78, 5) is 35.5. The number of rotatable bonds is 2. The molecule has 8 nitrogen and oxygen atoms in total. The molecule has 3 rings (SSSR count). The lowest BCUT2D eigenvalue weighted by Crippen LogP contribution is -2.25. The molecule has 0 spiro atoms. The highest BCUT2D eigenvalue weighted by Gasteiger charge is 2.15. The van der Waals surface area contributed by atoms with E-state index >= 15 is 0 Å². The number of aromatic nitrogens is 4. The van der Waals surface area contributed by atoms with Crippen molar-refractivity contribution in [2.75, 3.05) is 5.73 Å². The summed E-state index contributed by atoms with van der Waals surface area (Å²) < 4.78 is 1.27. The summed E-state index contributed by atoms with van der Waals surface area (Å²) in [5.41, 5.74) is 11.4. The molecular weight excluding hydrogens is 320 g/mol. The molecule has 0 radical (unpaired) electrons. The first-order chi connectivity index (χ1) is 10.9. The molecule has 0 saturated heterocycles. The predicted octanol–water partition coefficient (Wildman–Crippen LogP) is 0.819. The van der Waals surface area contributed by atoms with Crippen LogP contribution < -0.4 is 17.2 Å². The molecule has 0 aliphatic rings. The van der Waals surface area contributed by atoms with Gasteiger partial charge < -0.3 is 11.5 Å². The third-order valence-electron chi connectivity index (χ3n) is 3.38. The van der Waals surface area contributed by atoms with Gasteiger partial charge in [0.25, 0.3) is 0 Å². The molecule has 0 aliphatic carbocycles. The minimum atomic E-state index is -0.626. The lowest BCUT2D eigenvalue weighted by Gasteiger charge is -2.13. The molecule has 3 aromatic rings. The second-order valence-corrected chi connectivity index (χ2v) is 5.22. The van der Waals surface area contributed by atoms with E-state index in [2.05, 4.69) is 15.0 Å². The zero-order chi connectivity index (χ0) is 16.7. The molecule has 0 fully saturated rings. The van der Waals surface area contributed by atoms with Gasteiger partial charge in [-0.3, -0.25) is 9.36 Å². The number of hydrogen-bond donors (Lipinski definition) is 2. The Morgan fingerprint density at radius 1 is 1.30 bits per heavy atom. The van der Waals surface area contributed by atoms with E-state index in [9.17, 15) is 9.59 Å². The molecule has 0 saturated carbocycles. The van der Waals surface area contributed by atoms with Gasteiger partial charge >= 0.3 is 5.69 Å². The van der Waals surface area contributed by atoms with Crippen molar-refractivity contribution >= 4 is 34.5 Å². The maximum atomic E-state index is 12.4. The largest absolute Gasteiger partial charge is 0.368 e. The van der Waals surface area contributed by atoms with Crippen LogP contribution in [0.4, 0.5) is 5.95 Å². The van der Waals surface area contributed by atoms with Crippen molar-refractivity contribution in [3.63, 3.8) is 0 Å². The Morgan fingerprint density at radius 2 is 2.04 bits per heavy atom. The van der Waals surface area contributed by atoms with Crippen LogP contribution in [0.25, 0.3) is 16.7 Å². The molecule has 23 heavy (non-hydrogen) atoms. The van der Waals surface area contributed by atoms with Crippen molar-refractivity contribution in [1.82, 2.24) is 19.5 Å². The first-order valence-electron chi connectivity index (χ1n) is 6.50. The van der Waals surface area contributed by atoms with Gasteiger partial charge in [-0.05, 0) is 25.1 Å². The molecule has 0 bridgehead atoms. The molecule has 1 aromatic carbocycles. The summed E-state index contributed by atoms with van der Waals surface area (Å²) in [6, 6.07) is 4.41. The highest BCUT2D eigenvalue weighted by molar-refractivity contribution is 6.32. The first kappa shape index (κ1) is 14.9. The molecular formula is C14H11ClN6O2. The number of nitrogens with zero attached hydrogens (tertiary/aromatic N) is 4. The number of anilines is 1. The van der Waals surface area contributed by atoms with Gasteiger partial charge in [-0.1, -0.05) is 11.6 Å². The quantitative estimate of drug-likeness (QED) is 0.715. The van der Waals surface area contributed by atoms with Crippen LogP contribution in [0.3, 0.4) is 0 Å². The van der Waals surface area contributed by atoms with Crippen molar-refractivity contribution in [1.29, 1.82) is 0 Å². The Hall–Kier alpha value is -3.00. The highest BCUT2D eigenvalue weighted by Crippen LogP contribution is 2.23. The molecule has 2 heterocycles. The standard InChI is InChI=1S/C14H11ClN6O2/c1-6-8-5-18-13(17)19-12(8)20-14(23)21(6)10-4-7(11(16)22)2-3-9(10)15/h2-5H,1H3,(H2,16,22)(H2,17,19,20,23). The van der Waals surface area contributed by atoms with Gasteiger partial charge in [0.1, 0.15) is 0 Å². The van der Waals surface area contributed by atoms with Crippen LogP contribution in [0.2, 0.25) is 5.02 Å². The van der Waals surface area contributed by atoms with Gasteiger partial charge in [-0.25, -0.2) is 9.78 Å². The average Bonchev–Trinajstić information content (AvgIpc) is 2.48. The Bertz CT molecular complexity index is 1010. The third-order valence-corrected chi connectivity index (χ3v) is 3.70. The van der Waals surface area contributed by atoms with E-state index in [-0.39, 0.29) is 22.2 Å². The van der Waals surface area contributed by atoms with E-state index in [4.69, 9.17) is 23.1 Å². The fourth-order valence-corrected chi connectivity index (χ4v) is 2.45. The Kier molecular flexibility index (Phi) is 3.45. The molecule has 0 aliphatic heterocycles. The number of nitrogens with two attached hydrogens (primary N) is 2. The number of carbonyl (C=O) groups excluding carboxylic acids is 1. The number of amides is 1. The van der Waals surface area contributed by atoms with Crippen molar-refractivity contribution in [2.24, 2.45) is 5.73 Å². The second-order valence-electron chi connectivity index (χ2n) is 4.81. The van der Waals surface area contributed by atoms with E-state index in [0.29, 0.717) is 16.8 Å². The maximum Gasteiger partial charge on any atom is 0.354 e. The summed E-state index contributed by atoms with van der Waals surface area (Å²) >= 11 is 6.16. The molecule has 4 N–H and O–H groups in total. The van der Waals surface area contributed by atoms with Crippen LogP contribution >= 0.6 is 11.6 Å². The minimum Gasteiger partial charge on any atom is -0.368 e.